The predicted molar refractivity (Wildman–Crippen MR) is 85.7 cm³/mol. The summed E-state index contributed by atoms with van der Waals surface area (Å²) in [6.07, 6.45) is 4.67. The molecule has 6 nitrogen and oxygen atoms in total. The van der Waals surface area contributed by atoms with E-state index in [0.29, 0.717) is 24.3 Å². The van der Waals surface area contributed by atoms with Gasteiger partial charge in [0.15, 0.2) is 5.65 Å². The van der Waals surface area contributed by atoms with Crippen LogP contribution >= 0.6 is 0 Å². The minimum absolute atomic E-state index is 0.00533. The van der Waals surface area contributed by atoms with E-state index in [0.717, 1.165) is 6.42 Å². The molecular formula is C17H15N5O. The Bertz CT molecular complexity index is 884. The lowest BCUT2D eigenvalue weighted by Crippen LogP contribution is -2.34. The smallest absolute Gasteiger partial charge is 0.255 e. The Morgan fingerprint density at radius 3 is 2.74 bits per heavy atom. The maximum Gasteiger partial charge on any atom is 0.255 e. The zero-order valence-electron chi connectivity index (χ0n) is 12.5. The summed E-state index contributed by atoms with van der Waals surface area (Å²) in [6, 6.07) is 13.8. The van der Waals surface area contributed by atoms with Gasteiger partial charge in [-0.1, -0.05) is 36.4 Å². The number of fused-ring (bicyclic) bond motifs is 1. The highest BCUT2D eigenvalue weighted by atomic mass is 16.2. The monoisotopic (exact) mass is 305 g/mol. The second-order valence-corrected chi connectivity index (χ2v) is 5.50. The Hall–Kier alpha value is -3.02. The van der Waals surface area contributed by atoms with E-state index in [1.54, 1.807) is 18.3 Å². The van der Waals surface area contributed by atoms with Crippen molar-refractivity contribution in [1.29, 1.82) is 0 Å². The van der Waals surface area contributed by atoms with E-state index in [-0.39, 0.29) is 5.91 Å². The largest absolute Gasteiger partial charge is 0.335 e. The van der Waals surface area contributed by atoms with E-state index < -0.39 is 0 Å². The van der Waals surface area contributed by atoms with Crippen LogP contribution in [0.5, 0.6) is 0 Å². The number of amides is 1. The first-order valence-corrected chi connectivity index (χ1v) is 7.53. The first-order chi connectivity index (χ1) is 11.3. The normalized spacial score (nSPS) is 14.8. The van der Waals surface area contributed by atoms with Gasteiger partial charge in [-0.3, -0.25) is 4.79 Å². The van der Waals surface area contributed by atoms with Crippen molar-refractivity contribution in [3.8, 4) is 0 Å². The Balaban J connectivity index is 1.53. The molecule has 1 amide bonds. The van der Waals surface area contributed by atoms with Gasteiger partial charge in [-0.25, -0.2) is 0 Å². The van der Waals surface area contributed by atoms with Crippen LogP contribution in [0.3, 0.4) is 0 Å². The fourth-order valence-electron chi connectivity index (χ4n) is 2.82. The van der Waals surface area contributed by atoms with E-state index in [1.807, 2.05) is 23.1 Å². The molecule has 1 aliphatic rings. The Morgan fingerprint density at radius 2 is 1.96 bits per heavy atom. The van der Waals surface area contributed by atoms with Gasteiger partial charge in [0.2, 0.25) is 0 Å². The molecule has 0 bridgehead atoms. The molecule has 0 atom stereocenters. The number of benzene rings is 1. The van der Waals surface area contributed by atoms with Gasteiger partial charge in [0.05, 0.1) is 5.56 Å². The number of pyridine rings is 1. The van der Waals surface area contributed by atoms with Gasteiger partial charge in [0, 0.05) is 19.3 Å². The standard InChI is InChI=1S/C17H15N5O/c23-17(15-6-7-16-18-19-20-22(16)12-15)21-10-8-14(9-11-21)13-4-2-1-3-5-13/h1-8,12H,9-11H2. The zero-order valence-corrected chi connectivity index (χ0v) is 12.5. The molecule has 3 aromatic rings. The molecule has 0 saturated carbocycles. The highest BCUT2D eigenvalue weighted by Gasteiger charge is 2.19. The van der Waals surface area contributed by atoms with Crippen LogP contribution in [0.1, 0.15) is 22.3 Å². The summed E-state index contributed by atoms with van der Waals surface area (Å²) in [5.74, 6) is 0.00533. The van der Waals surface area contributed by atoms with Gasteiger partial charge in [0.1, 0.15) is 0 Å². The summed E-state index contributed by atoms with van der Waals surface area (Å²) in [5.41, 5.74) is 3.76. The molecule has 0 aliphatic carbocycles. The number of hydrogen-bond donors (Lipinski definition) is 0. The van der Waals surface area contributed by atoms with Crippen molar-refractivity contribution in [2.75, 3.05) is 13.1 Å². The first-order valence-electron chi connectivity index (χ1n) is 7.53. The van der Waals surface area contributed by atoms with E-state index in [9.17, 15) is 4.79 Å². The molecule has 23 heavy (non-hydrogen) atoms. The number of hydrogen-bond acceptors (Lipinski definition) is 4. The maximum atomic E-state index is 12.6. The van der Waals surface area contributed by atoms with Gasteiger partial charge in [-0.05, 0) is 40.1 Å². The summed E-state index contributed by atoms with van der Waals surface area (Å²) < 4.78 is 1.52. The third kappa shape index (κ3) is 2.59. The molecule has 0 radical (unpaired) electrons. The van der Waals surface area contributed by atoms with Crippen LogP contribution < -0.4 is 0 Å². The van der Waals surface area contributed by atoms with Crippen molar-refractivity contribution in [2.45, 2.75) is 6.42 Å². The molecule has 1 aromatic carbocycles. The van der Waals surface area contributed by atoms with Crippen LogP contribution in [0.25, 0.3) is 11.2 Å². The van der Waals surface area contributed by atoms with Crippen molar-refractivity contribution in [3.63, 3.8) is 0 Å². The summed E-state index contributed by atoms with van der Waals surface area (Å²) in [7, 11) is 0. The van der Waals surface area contributed by atoms with E-state index in [1.165, 1.54) is 15.7 Å². The van der Waals surface area contributed by atoms with Crippen molar-refractivity contribution < 1.29 is 4.79 Å². The number of carbonyl (C=O) groups is 1. The molecule has 0 saturated heterocycles. The van der Waals surface area contributed by atoms with Crippen LogP contribution in [0.4, 0.5) is 0 Å². The SMILES string of the molecule is O=C(c1ccc2nnnn2c1)N1CC=C(c2ccccc2)CC1. The molecule has 1 aliphatic heterocycles. The Morgan fingerprint density at radius 1 is 1.09 bits per heavy atom. The average Bonchev–Trinajstić information content (AvgIpc) is 3.10. The van der Waals surface area contributed by atoms with Crippen LogP contribution in [-0.2, 0) is 0 Å². The van der Waals surface area contributed by atoms with Gasteiger partial charge < -0.3 is 4.90 Å². The summed E-state index contributed by atoms with van der Waals surface area (Å²) in [6.45, 7) is 1.34. The molecule has 0 spiro atoms. The van der Waals surface area contributed by atoms with Crippen molar-refractivity contribution in [2.24, 2.45) is 0 Å². The van der Waals surface area contributed by atoms with Gasteiger partial charge >= 0.3 is 0 Å². The van der Waals surface area contributed by atoms with Gasteiger partial charge in [-0.15, -0.1) is 5.10 Å². The molecule has 0 N–H and O–H groups in total. The minimum Gasteiger partial charge on any atom is -0.335 e. The summed E-state index contributed by atoms with van der Waals surface area (Å²) in [5, 5.41) is 11.3. The second kappa shape index (κ2) is 5.64. The second-order valence-electron chi connectivity index (χ2n) is 5.50. The maximum absolute atomic E-state index is 12.6. The van der Waals surface area contributed by atoms with E-state index >= 15 is 0 Å². The van der Waals surface area contributed by atoms with Crippen LogP contribution in [0, 0.1) is 0 Å². The third-order valence-corrected chi connectivity index (χ3v) is 4.08. The molecule has 0 unspecified atom stereocenters. The van der Waals surface area contributed by atoms with E-state index in [2.05, 4.69) is 33.7 Å². The number of carbonyl (C=O) groups excluding carboxylic acids is 1. The average molecular weight is 305 g/mol. The fourth-order valence-corrected chi connectivity index (χ4v) is 2.82. The summed E-state index contributed by atoms with van der Waals surface area (Å²) in [4.78, 5) is 14.5. The van der Waals surface area contributed by atoms with Gasteiger partial charge in [0.25, 0.3) is 5.91 Å². The Labute approximate surface area is 133 Å². The number of nitrogens with zero attached hydrogens (tertiary/aromatic N) is 5. The third-order valence-electron chi connectivity index (χ3n) is 4.08. The lowest BCUT2D eigenvalue weighted by atomic mass is 9.99. The first kappa shape index (κ1) is 13.6. The number of aromatic nitrogens is 4. The molecule has 2 aromatic heterocycles. The quantitative estimate of drug-likeness (QED) is 0.727. The van der Waals surface area contributed by atoms with Crippen molar-refractivity contribution in [3.05, 3.63) is 65.9 Å². The fraction of sp³-hybridized carbons (Fsp3) is 0.176. The zero-order chi connectivity index (χ0) is 15.6. The molecular weight excluding hydrogens is 290 g/mol. The predicted octanol–water partition coefficient (Wildman–Crippen LogP) is 2.05. The van der Waals surface area contributed by atoms with E-state index in [4.69, 9.17) is 0 Å². The lowest BCUT2D eigenvalue weighted by molar-refractivity contribution is 0.0772. The highest BCUT2D eigenvalue weighted by molar-refractivity contribution is 5.94. The highest BCUT2D eigenvalue weighted by Crippen LogP contribution is 2.22. The van der Waals surface area contributed by atoms with Crippen LogP contribution in [-0.4, -0.2) is 43.9 Å². The molecule has 6 heteroatoms. The molecule has 4 rings (SSSR count). The Kier molecular flexibility index (Phi) is 3.34. The topological polar surface area (TPSA) is 63.4 Å². The van der Waals surface area contributed by atoms with Crippen molar-refractivity contribution >= 4 is 17.1 Å². The lowest BCUT2D eigenvalue weighted by Gasteiger charge is -2.26. The van der Waals surface area contributed by atoms with Gasteiger partial charge in [-0.2, -0.15) is 4.52 Å². The van der Waals surface area contributed by atoms with Crippen LogP contribution in [0.15, 0.2) is 54.7 Å². The molecule has 0 fully saturated rings. The van der Waals surface area contributed by atoms with Crippen LogP contribution in [0.2, 0.25) is 0 Å². The molecule has 3 heterocycles. The molecule has 114 valence electrons. The number of tetrazole rings is 1. The van der Waals surface area contributed by atoms with Crippen molar-refractivity contribution in [1.82, 2.24) is 24.9 Å². The minimum atomic E-state index is 0.00533. The number of rotatable bonds is 2. The summed E-state index contributed by atoms with van der Waals surface area (Å²) >= 11 is 0.